The predicted molar refractivity (Wildman–Crippen MR) is 116 cm³/mol. The van der Waals surface area contributed by atoms with E-state index in [-0.39, 0.29) is 5.96 Å². The summed E-state index contributed by atoms with van der Waals surface area (Å²) >= 11 is 0. The van der Waals surface area contributed by atoms with Gasteiger partial charge >= 0.3 is 0 Å². The van der Waals surface area contributed by atoms with Crippen molar-refractivity contribution in [3.05, 3.63) is 24.2 Å². The third-order valence-electron chi connectivity index (χ3n) is 9.78. The molecule has 5 heteroatoms. The first-order valence-corrected chi connectivity index (χ1v) is 11.6. The molecule has 5 nitrogen and oxygen atoms in total. The number of hydrogen-bond donors (Lipinski definition) is 3. The summed E-state index contributed by atoms with van der Waals surface area (Å²) in [5, 5.41) is 11.8. The van der Waals surface area contributed by atoms with Gasteiger partial charge in [-0.3, -0.25) is 5.41 Å². The summed E-state index contributed by atoms with van der Waals surface area (Å²) in [6.45, 7) is 5.18. The van der Waals surface area contributed by atoms with Crippen molar-refractivity contribution in [3.8, 4) is 0 Å². The summed E-state index contributed by atoms with van der Waals surface area (Å²) < 4.78 is 5.45. The summed E-state index contributed by atoms with van der Waals surface area (Å²) in [5.41, 5.74) is 11.6. The Morgan fingerprint density at radius 3 is 2.72 bits per heavy atom. The first-order valence-electron chi connectivity index (χ1n) is 11.6. The van der Waals surface area contributed by atoms with E-state index in [1.807, 2.05) is 12.5 Å². The third kappa shape index (κ3) is 2.95. The molecule has 4 fully saturated rings. The average Bonchev–Trinajstić information content (AvgIpc) is 3.33. The van der Waals surface area contributed by atoms with Crippen molar-refractivity contribution in [2.75, 3.05) is 0 Å². The van der Waals surface area contributed by atoms with Gasteiger partial charge in [-0.15, -0.1) is 0 Å². The lowest BCUT2D eigenvalue weighted by atomic mass is 9.44. The van der Waals surface area contributed by atoms with Crippen LogP contribution in [-0.4, -0.2) is 11.7 Å². The van der Waals surface area contributed by atoms with Crippen molar-refractivity contribution in [2.45, 2.75) is 77.6 Å². The molecule has 1 aromatic rings. The second kappa shape index (κ2) is 6.88. The highest BCUT2D eigenvalue weighted by atomic mass is 16.3. The second-order valence-corrected chi connectivity index (χ2v) is 10.8. The Kier molecular flexibility index (Phi) is 4.56. The zero-order valence-corrected chi connectivity index (χ0v) is 17.9. The normalized spacial score (nSPS) is 45.3. The van der Waals surface area contributed by atoms with Crippen molar-refractivity contribution in [2.24, 2.45) is 45.3 Å². The van der Waals surface area contributed by atoms with Gasteiger partial charge in [-0.25, -0.2) is 5.43 Å². The Bertz CT molecular complexity index is 802. The van der Waals surface area contributed by atoms with Crippen LogP contribution in [0.4, 0.5) is 0 Å². The number of hydrazone groups is 1. The maximum Gasteiger partial charge on any atom is 0.206 e. The van der Waals surface area contributed by atoms with Crippen molar-refractivity contribution in [1.82, 2.24) is 5.43 Å². The highest BCUT2D eigenvalue weighted by molar-refractivity contribution is 5.87. The lowest BCUT2D eigenvalue weighted by Gasteiger charge is -2.60. The fourth-order valence-corrected chi connectivity index (χ4v) is 8.32. The molecule has 1 aromatic heterocycles. The van der Waals surface area contributed by atoms with Crippen LogP contribution in [-0.2, 0) is 0 Å². The van der Waals surface area contributed by atoms with Crippen LogP contribution in [0.3, 0.4) is 0 Å². The smallest absolute Gasteiger partial charge is 0.206 e. The molecule has 0 saturated heterocycles. The van der Waals surface area contributed by atoms with Crippen LogP contribution >= 0.6 is 0 Å². The van der Waals surface area contributed by atoms with Crippen LogP contribution in [0.5, 0.6) is 0 Å². The highest BCUT2D eigenvalue weighted by Gasteiger charge is 2.60. The van der Waals surface area contributed by atoms with Gasteiger partial charge < -0.3 is 10.2 Å². The van der Waals surface area contributed by atoms with Gasteiger partial charge in [-0.05, 0) is 110 Å². The number of fused-ring (bicyclic) bond motifs is 5. The van der Waals surface area contributed by atoms with Crippen molar-refractivity contribution in [3.63, 3.8) is 0 Å². The molecule has 0 radical (unpaired) electrons. The Morgan fingerprint density at radius 1 is 1.14 bits per heavy atom. The van der Waals surface area contributed by atoms with E-state index in [0.29, 0.717) is 16.7 Å². The lowest BCUT2D eigenvalue weighted by Crippen LogP contribution is -2.53. The summed E-state index contributed by atoms with van der Waals surface area (Å²) in [4.78, 5) is 0. The van der Waals surface area contributed by atoms with E-state index in [1.54, 1.807) is 0 Å². The number of rotatable bonds is 2. The predicted octanol–water partition coefficient (Wildman–Crippen LogP) is 5.24. The molecule has 2 unspecified atom stereocenters. The van der Waals surface area contributed by atoms with Crippen LogP contribution in [0.15, 0.2) is 28.1 Å². The first-order chi connectivity index (χ1) is 13.9. The number of hydrogen-bond acceptors (Lipinski definition) is 3. The van der Waals surface area contributed by atoms with Gasteiger partial charge in [-0.1, -0.05) is 13.8 Å². The number of nitrogens with zero attached hydrogens (tertiary/aromatic N) is 1. The number of nitrogens with two attached hydrogens (primary N) is 1. The van der Waals surface area contributed by atoms with E-state index >= 15 is 0 Å². The summed E-state index contributed by atoms with van der Waals surface area (Å²) in [6.07, 6.45) is 15.4. The van der Waals surface area contributed by atoms with Crippen molar-refractivity contribution >= 4 is 11.7 Å². The van der Waals surface area contributed by atoms with Gasteiger partial charge in [0.2, 0.25) is 5.96 Å². The molecule has 5 rings (SSSR count). The third-order valence-corrected chi connectivity index (χ3v) is 9.78. The van der Waals surface area contributed by atoms with E-state index in [0.717, 1.165) is 36.5 Å². The molecule has 158 valence electrons. The quantitative estimate of drug-likeness (QED) is 0.363. The van der Waals surface area contributed by atoms with Gasteiger partial charge in [0.25, 0.3) is 0 Å². The molecular formula is C24H36N4O. The first kappa shape index (κ1) is 19.2. The van der Waals surface area contributed by atoms with E-state index in [4.69, 9.17) is 15.6 Å². The Balaban J connectivity index is 1.36. The van der Waals surface area contributed by atoms with Crippen LogP contribution < -0.4 is 11.2 Å². The van der Waals surface area contributed by atoms with Gasteiger partial charge in [0.05, 0.1) is 12.5 Å². The van der Waals surface area contributed by atoms with Gasteiger partial charge in [0.15, 0.2) is 0 Å². The zero-order chi connectivity index (χ0) is 20.2. The van der Waals surface area contributed by atoms with Crippen molar-refractivity contribution in [1.29, 1.82) is 5.41 Å². The molecule has 0 bridgehead atoms. The van der Waals surface area contributed by atoms with E-state index in [1.165, 1.54) is 56.2 Å². The van der Waals surface area contributed by atoms with Crippen LogP contribution in [0, 0.1) is 39.9 Å². The van der Waals surface area contributed by atoms with Gasteiger partial charge in [0.1, 0.15) is 0 Å². The van der Waals surface area contributed by atoms with Crippen LogP contribution in [0.1, 0.15) is 83.1 Å². The molecule has 1 heterocycles. The Morgan fingerprint density at radius 2 is 1.97 bits per heavy atom. The summed E-state index contributed by atoms with van der Waals surface area (Å²) in [7, 11) is 0. The van der Waals surface area contributed by atoms with E-state index in [2.05, 4.69) is 30.4 Å². The molecule has 4 aliphatic rings. The summed E-state index contributed by atoms with van der Waals surface area (Å²) in [6, 6.07) is 2.21. The van der Waals surface area contributed by atoms with Gasteiger partial charge in [-0.2, -0.15) is 5.10 Å². The standard InChI is InChI=1S/C24H36N4O/c1-23-10-7-17(27-28-22(25)26)13-16(23)3-4-18-20-6-5-19(15-9-12-29-14-15)24(20,2)11-8-21(18)23/h9,12,14,16,18-21H,3-8,10-11,13H2,1-2H3,(H4,25,26,28)/t16?,18-,19?,20-,21+,23-,24+/m0/s1. The van der Waals surface area contributed by atoms with Gasteiger partial charge in [0, 0.05) is 5.71 Å². The molecule has 4 saturated carbocycles. The molecule has 4 aliphatic carbocycles. The number of furan rings is 1. The maximum atomic E-state index is 7.36. The highest BCUT2D eigenvalue weighted by Crippen LogP contribution is 2.68. The van der Waals surface area contributed by atoms with E-state index < -0.39 is 0 Å². The second-order valence-electron chi connectivity index (χ2n) is 10.8. The SMILES string of the molecule is C[C@]12CCC(=NNC(=N)N)CC1CC[C@@H]1[C@H]2CC[C@]2(C)C(c3ccoc3)CC[C@@H]12. The molecule has 0 aromatic carbocycles. The Labute approximate surface area is 174 Å². The molecule has 0 amide bonds. The minimum atomic E-state index is -0.0606. The number of guanidine groups is 1. The minimum absolute atomic E-state index is 0.0606. The monoisotopic (exact) mass is 396 g/mol. The maximum absolute atomic E-state index is 7.36. The van der Waals surface area contributed by atoms with E-state index in [9.17, 15) is 0 Å². The molecular weight excluding hydrogens is 360 g/mol. The lowest BCUT2D eigenvalue weighted by molar-refractivity contribution is -0.0950. The zero-order valence-electron chi connectivity index (χ0n) is 17.9. The molecule has 7 atom stereocenters. The Hall–Kier alpha value is -1.78. The molecule has 0 aliphatic heterocycles. The minimum Gasteiger partial charge on any atom is -0.472 e. The van der Waals surface area contributed by atoms with Crippen LogP contribution in [0.2, 0.25) is 0 Å². The van der Waals surface area contributed by atoms with Crippen molar-refractivity contribution < 1.29 is 4.42 Å². The average molecular weight is 397 g/mol. The molecule has 29 heavy (non-hydrogen) atoms. The molecule has 4 N–H and O–H groups in total. The largest absolute Gasteiger partial charge is 0.472 e. The number of nitrogens with one attached hydrogen (secondary N) is 2. The van der Waals surface area contributed by atoms with Crippen LogP contribution in [0.25, 0.3) is 0 Å². The topological polar surface area (TPSA) is 87.4 Å². The molecule has 0 spiro atoms. The summed E-state index contributed by atoms with van der Waals surface area (Å²) in [5.74, 6) is 3.98. The fraction of sp³-hybridized carbons (Fsp3) is 0.750. The fourth-order valence-electron chi connectivity index (χ4n) is 8.32.